The molecule has 10 nitrogen and oxygen atoms in total. The topological polar surface area (TPSA) is 120 Å². The highest BCUT2D eigenvalue weighted by molar-refractivity contribution is 5.91. The number of hydrogen-bond donors (Lipinski definition) is 2. The Labute approximate surface area is 129 Å². The number of fused-ring (bicyclic) bond motifs is 1. The highest BCUT2D eigenvalue weighted by Gasteiger charge is 2.16. The van der Waals surface area contributed by atoms with E-state index in [0.717, 1.165) is 10.1 Å². The van der Waals surface area contributed by atoms with E-state index in [9.17, 15) is 14.4 Å². The highest BCUT2D eigenvalue weighted by Crippen LogP contribution is 2.09. The predicted octanol–water partition coefficient (Wildman–Crippen LogP) is -0.896. The summed E-state index contributed by atoms with van der Waals surface area (Å²) in [6.07, 6.45) is 2.96. The molecule has 0 aliphatic carbocycles. The van der Waals surface area contributed by atoms with Gasteiger partial charge in [-0.2, -0.15) is 5.10 Å². The third-order valence-electron chi connectivity index (χ3n) is 3.62. The zero-order valence-corrected chi connectivity index (χ0v) is 12.8. The van der Waals surface area contributed by atoms with Crippen molar-refractivity contribution >= 4 is 22.9 Å². The second-order valence-electron chi connectivity index (χ2n) is 5.23. The van der Waals surface area contributed by atoms with Gasteiger partial charge in [-0.1, -0.05) is 0 Å². The van der Waals surface area contributed by atoms with E-state index in [4.69, 9.17) is 0 Å². The smallest absolute Gasteiger partial charge is 0.315 e. The Morgan fingerprint density at radius 3 is 2.70 bits per heavy atom. The molecule has 10 heteroatoms. The summed E-state index contributed by atoms with van der Waals surface area (Å²) in [7, 11) is 2.91. The molecule has 3 aromatic rings. The first-order valence-electron chi connectivity index (χ1n) is 6.81. The third kappa shape index (κ3) is 2.33. The number of aromatic nitrogens is 6. The molecule has 3 rings (SSSR count). The molecule has 0 fully saturated rings. The summed E-state index contributed by atoms with van der Waals surface area (Å²) in [4.78, 5) is 40.3. The summed E-state index contributed by atoms with van der Waals surface area (Å²) < 4.78 is 3.67. The fraction of sp³-hybridized carbons (Fsp3) is 0.308. The molecular weight excluding hydrogens is 302 g/mol. The van der Waals surface area contributed by atoms with Crippen molar-refractivity contribution in [1.82, 2.24) is 28.9 Å². The number of anilines is 1. The Morgan fingerprint density at radius 2 is 2.04 bits per heavy atom. The van der Waals surface area contributed by atoms with E-state index < -0.39 is 11.2 Å². The SMILES string of the molecule is Cc1cn[nH]c1NC(=O)Cn1cnc2c1c(=O)n(C)c(=O)n2C. The Hall–Kier alpha value is -3.17. The van der Waals surface area contributed by atoms with Gasteiger partial charge in [-0.05, 0) is 6.92 Å². The van der Waals surface area contributed by atoms with Gasteiger partial charge in [-0.3, -0.25) is 23.8 Å². The van der Waals surface area contributed by atoms with Crippen LogP contribution in [0.3, 0.4) is 0 Å². The maximum Gasteiger partial charge on any atom is 0.332 e. The first-order valence-corrected chi connectivity index (χ1v) is 6.81. The van der Waals surface area contributed by atoms with Crippen LogP contribution in [0, 0.1) is 6.92 Å². The van der Waals surface area contributed by atoms with Gasteiger partial charge in [0.1, 0.15) is 12.4 Å². The molecule has 3 aromatic heterocycles. The van der Waals surface area contributed by atoms with Crippen molar-refractivity contribution in [2.75, 3.05) is 5.32 Å². The van der Waals surface area contributed by atoms with Crippen molar-refractivity contribution in [3.63, 3.8) is 0 Å². The van der Waals surface area contributed by atoms with Gasteiger partial charge in [0, 0.05) is 19.7 Å². The molecule has 0 spiro atoms. The molecule has 0 aliphatic heterocycles. The van der Waals surface area contributed by atoms with Gasteiger partial charge in [0.15, 0.2) is 11.2 Å². The van der Waals surface area contributed by atoms with E-state index in [1.165, 1.54) is 29.6 Å². The molecule has 1 amide bonds. The third-order valence-corrected chi connectivity index (χ3v) is 3.62. The van der Waals surface area contributed by atoms with Crippen molar-refractivity contribution in [3.05, 3.63) is 38.9 Å². The van der Waals surface area contributed by atoms with Crippen molar-refractivity contribution in [2.24, 2.45) is 14.1 Å². The molecule has 0 unspecified atom stereocenters. The van der Waals surface area contributed by atoms with E-state index in [-0.39, 0.29) is 23.6 Å². The molecule has 3 heterocycles. The number of nitrogens with one attached hydrogen (secondary N) is 2. The van der Waals surface area contributed by atoms with Gasteiger partial charge in [0.05, 0.1) is 12.5 Å². The molecule has 0 aliphatic rings. The van der Waals surface area contributed by atoms with Crippen molar-refractivity contribution in [1.29, 1.82) is 0 Å². The van der Waals surface area contributed by atoms with Crippen LogP contribution in [0.5, 0.6) is 0 Å². The normalized spacial score (nSPS) is 11.1. The van der Waals surface area contributed by atoms with Gasteiger partial charge in [-0.25, -0.2) is 9.78 Å². The van der Waals surface area contributed by atoms with E-state index in [1.807, 2.05) is 0 Å². The summed E-state index contributed by atoms with van der Waals surface area (Å²) in [6.45, 7) is 1.69. The number of carbonyl (C=O) groups is 1. The molecule has 0 aromatic carbocycles. The molecular formula is C13H15N7O3. The standard InChI is InChI=1S/C13H15N7O3/c1-7-4-15-17-10(7)16-8(21)5-20-6-14-11-9(20)12(22)19(3)13(23)18(11)2/h4,6H,5H2,1-3H3,(H2,15,16,17,21). The minimum absolute atomic E-state index is 0.109. The van der Waals surface area contributed by atoms with Gasteiger partial charge in [0.2, 0.25) is 5.91 Å². The maximum atomic E-state index is 12.3. The summed E-state index contributed by atoms with van der Waals surface area (Å²) >= 11 is 0. The zero-order chi connectivity index (χ0) is 16.7. The second kappa shape index (κ2) is 5.23. The number of amides is 1. The Bertz CT molecular complexity index is 1020. The van der Waals surface area contributed by atoms with Crippen LogP contribution >= 0.6 is 0 Å². The van der Waals surface area contributed by atoms with E-state index in [0.29, 0.717) is 5.82 Å². The molecule has 120 valence electrons. The van der Waals surface area contributed by atoms with Crippen LogP contribution in [-0.2, 0) is 25.4 Å². The van der Waals surface area contributed by atoms with Crippen LogP contribution in [0.25, 0.3) is 11.2 Å². The molecule has 0 bridgehead atoms. The fourth-order valence-electron chi connectivity index (χ4n) is 2.32. The Kier molecular flexibility index (Phi) is 3.36. The van der Waals surface area contributed by atoms with Crippen LogP contribution in [0.2, 0.25) is 0 Å². The quantitative estimate of drug-likeness (QED) is 0.649. The van der Waals surface area contributed by atoms with Gasteiger partial charge >= 0.3 is 5.69 Å². The van der Waals surface area contributed by atoms with E-state index in [1.54, 1.807) is 13.1 Å². The Balaban J connectivity index is 1.98. The lowest BCUT2D eigenvalue weighted by molar-refractivity contribution is -0.116. The fourth-order valence-corrected chi connectivity index (χ4v) is 2.32. The van der Waals surface area contributed by atoms with Crippen LogP contribution < -0.4 is 16.6 Å². The van der Waals surface area contributed by atoms with E-state index >= 15 is 0 Å². The largest absolute Gasteiger partial charge is 0.332 e. The maximum absolute atomic E-state index is 12.3. The number of hydrogen-bond acceptors (Lipinski definition) is 5. The van der Waals surface area contributed by atoms with Crippen molar-refractivity contribution in [3.8, 4) is 0 Å². The average Bonchev–Trinajstić information content (AvgIpc) is 3.10. The summed E-state index contributed by atoms with van der Waals surface area (Å²) in [5.74, 6) is 0.160. The number of H-pyrrole nitrogens is 1. The number of carbonyl (C=O) groups excluding carboxylic acids is 1. The van der Waals surface area contributed by atoms with Crippen molar-refractivity contribution in [2.45, 2.75) is 13.5 Å². The first kappa shape index (κ1) is 14.8. The number of aromatic amines is 1. The second-order valence-corrected chi connectivity index (χ2v) is 5.23. The molecule has 2 N–H and O–H groups in total. The van der Waals surface area contributed by atoms with Crippen LogP contribution in [0.1, 0.15) is 5.56 Å². The first-order chi connectivity index (χ1) is 10.9. The Morgan fingerprint density at radius 1 is 1.30 bits per heavy atom. The predicted molar refractivity (Wildman–Crippen MR) is 82.2 cm³/mol. The molecule has 23 heavy (non-hydrogen) atoms. The number of nitrogens with zero attached hydrogens (tertiary/aromatic N) is 5. The number of aryl methyl sites for hydroxylation is 2. The molecule has 0 radical (unpaired) electrons. The lowest BCUT2D eigenvalue weighted by Gasteiger charge is -2.07. The van der Waals surface area contributed by atoms with Gasteiger partial charge in [0.25, 0.3) is 5.56 Å². The highest BCUT2D eigenvalue weighted by atomic mass is 16.2. The van der Waals surface area contributed by atoms with E-state index in [2.05, 4.69) is 20.5 Å². The lowest BCUT2D eigenvalue weighted by atomic mass is 10.4. The summed E-state index contributed by atoms with van der Waals surface area (Å²) in [6, 6.07) is 0. The zero-order valence-electron chi connectivity index (χ0n) is 12.8. The van der Waals surface area contributed by atoms with Gasteiger partial charge < -0.3 is 9.88 Å². The van der Waals surface area contributed by atoms with Gasteiger partial charge in [-0.15, -0.1) is 0 Å². The van der Waals surface area contributed by atoms with Crippen LogP contribution in [-0.4, -0.2) is 34.8 Å². The monoisotopic (exact) mass is 317 g/mol. The molecule has 0 saturated heterocycles. The van der Waals surface area contributed by atoms with Crippen LogP contribution in [0.15, 0.2) is 22.1 Å². The van der Waals surface area contributed by atoms with Crippen molar-refractivity contribution < 1.29 is 4.79 Å². The summed E-state index contributed by atoms with van der Waals surface area (Å²) in [5.41, 5.74) is 0.276. The minimum Gasteiger partial charge on any atom is -0.315 e. The molecule has 0 saturated carbocycles. The number of imidazole rings is 1. The average molecular weight is 317 g/mol. The minimum atomic E-state index is -0.494. The number of rotatable bonds is 3. The van der Waals surface area contributed by atoms with Crippen LogP contribution in [0.4, 0.5) is 5.82 Å². The summed E-state index contributed by atoms with van der Waals surface area (Å²) in [5, 5.41) is 9.16. The lowest BCUT2D eigenvalue weighted by Crippen LogP contribution is -2.37. The molecule has 0 atom stereocenters.